The largest absolute Gasteiger partial charge is 0.329 e. The Morgan fingerprint density at radius 1 is 1.33 bits per heavy atom. The molecule has 0 aromatic rings. The van der Waals surface area contributed by atoms with Gasteiger partial charge in [-0.2, -0.15) is 11.8 Å². The highest BCUT2D eigenvalue weighted by Crippen LogP contribution is 2.44. The van der Waals surface area contributed by atoms with E-state index in [1.165, 1.54) is 37.9 Å². The van der Waals surface area contributed by atoms with Crippen LogP contribution in [-0.4, -0.2) is 42.1 Å². The maximum atomic E-state index is 6.20. The maximum Gasteiger partial charge on any atom is 0.0337 e. The summed E-state index contributed by atoms with van der Waals surface area (Å²) in [6, 6.07) is 0.664. The van der Waals surface area contributed by atoms with Crippen LogP contribution in [0.15, 0.2) is 0 Å². The van der Waals surface area contributed by atoms with Gasteiger partial charge in [-0.05, 0) is 44.4 Å². The second-order valence-corrected chi connectivity index (χ2v) is 7.66. The van der Waals surface area contributed by atoms with Crippen LogP contribution in [0.2, 0.25) is 0 Å². The first kappa shape index (κ1) is 16.3. The summed E-state index contributed by atoms with van der Waals surface area (Å²) in [6.45, 7) is 7.91. The quantitative estimate of drug-likeness (QED) is 0.804. The van der Waals surface area contributed by atoms with Crippen molar-refractivity contribution in [3.05, 3.63) is 0 Å². The zero-order valence-corrected chi connectivity index (χ0v) is 13.8. The fraction of sp³-hybridized carbons (Fsp3) is 1.00. The van der Waals surface area contributed by atoms with E-state index in [4.69, 9.17) is 5.73 Å². The third kappa shape index (κ3) is 3.64. The standard InChI is InChI=1S/C15H32N2S/c1-6-13(10-18-5)17(4)15(12-16)9-7-8-14(2,3)11-15/h13H,6-12,16H2,1-5H3. The molecule has 0 radical (unpaired) electrons. The van der Waals surface area contributed by atoms with E-state index in [9.17, 15) is 0 Å². The Labute approximate surface area is 118 Å². The second-order valence-electron chi connectivity index (χ2n) is 6.75. The van der Waals surface area contributed by atoms with E-state index in [1.54, 1.807) is 0 Å². The Kier molecular flexibility index (Phi) is 6.01. The molecule has 0 aromatic heterocycles. The Balaban J connectivity index is 2.85. The van der Waals surface area contributed by atoms with Crippen LogP contribution < -0.4 is 5.73 Å². The number of likely N-dealkylation sites (N-methyl/N-ethyl adjacent to an activating group) is 1. The molecule has 0 spiro atoms. The van der Waals surface area contributed by atoms with Gasteiger partial charge in [-0.1, -0.05) is 27.2 Å². The molecule has 3 heteroatoms. The van der Waals surface area contributed by atoms with E-state index in [0.717, 1.165) is 6.54 Å². The number of nitrogens with zero attached hydrogens (tertiary/aromatic N) is 1. The Morgan fingerprint density at radius 2 is 2.00 bits per heavy atom. The molecule has 1 aliphatic carbocycles. The summed E-state index contributed by atoms with van der Waals surface area (Å²) < 4.78 is 0. The molecule has 108 valence electrons. The van der Waals surface area contributed by atoms with Gasteiger partial charge >= 0.3 is 0 Å². The van der Waals surface area contributed by atoms with E-state index in [1.807, 2.05) is 11.8 Å². The van der Waals surface area contributed by atoms with Gasteiger partial charge in [-0.3, -0.25) is 4.90 Å². The van der Waals surface area contributed by atoms with Gasteiger partial charge < -0.3 is 5.73 Å². The van der Waals surface area contributed by atoms with Crippen LogP contribution in [0.3, 0.4) is 0 Å². The summed E-state index contributed by atoms with van der Waals surface area (Å²) in [5, 5.41) is 0. The van der Waals surface area contributed by atoms with Gasteiger partial charge in [-0.15, -0.1) is 0 Å². The molecule has 18 heavy (non-hydrogen) atoms. The molecule has 0 bridgehead atoms. The van der Waals surface area contributed by atoms with Crippen molar-refractivity contribution in [3.8, 4) is 0 Å². The van der Waals surface area contributed by atoms with E-state index < -0.39 is 0 Å². The maximum absolute atomic E-state index is 6.20. The summed E-state index contributed by atoms with van der Waals surface area (Å²) >= 11 is 1.95. The van der Waals surface area contributed by atoms with Gasteiger partial charge in [0.1, 0.15) is 0 Å². The molecule has 2 atom stereocenters. The van der Waals surface area contributed by atoms with Crippen molar-refractivity contribution < 1.29 is 0 Å². The third-order valence-corrected chi connectivity index (χ3v) is 5.53. The van der Waals surface area contributed by atoms with Gasteiger partial charge in [0.25, 0.3) is 0 Å². The molecule has 2 unspecified atom stereocenters. The SMILES string of the molecule is CCC(CSC)N(C)C1(CN)CCCC(C)(C)C1. The molecule has 2 nitrogen and oxygen atoms in total. The van der Waals surface area contributed by atoms with Crippen LogP contribution in [0.25, 0.3) is 0 Å². The minimum Gasteiger partial charge on any atom is -0.329 e. The highest BCUT2D eigenvalue weighted by Gasteiger charge is 2.43. The Hall–Kier alpha value is 0.270. The third-order valence-electron chi connectivity index (χ3n) is 4.81. The first-order chi connectivity index (χ1) is 8.40. The molecule has 1 aliphatic rings. The lowest BCUT2D eigenvalue weighted by Gasteiger charge is -2.52. The highest BCUT2D eigenvalue weighted by atomic mass is 32.2. The summed E-state index contributed by atoms with van der Waals surface area (Å²) in [6.07, 6.45) is 8.62. The zero-order valence-electron chi connectivity index (χ0n) is 13.0. The topological polar surface area (TPSA) is 29.3 Å². The lowest BCUT2D eigenvalue weighted by Crippen LogP contribution is -2.59. The molecule has 0 amide bonds. The molecule has 1 rings (SSSR count). The van der Waals surface area contributed by atoms with Crippen LogP contribution >= 0.6 is 11.8 Å². The molecule has 1 saturated carbocycles. The minimum absolute atomic E-state index is 0.234. The van der Waals surface area contributed by atoms with Crippen LogP contribution in [-0.2, 0) is 0 Å². The van der Waals surface area contributed by atoms with Crippen molar-refractivity contribution >= 4 is 11.8 Å². The minimum atomic E-state index is 0.234. The van der Waals surface area contributed by atoms with Crippen LogP contribution in [0.1, 0.15) is 52.9 Å². The number of hydrogen-bond donors (Lipinski definition) is 1. The van der Waals surface area contributed by atoms with Gasteiger partial charge in [0.15, 0.2) is 0 Å². The molecule has 0 saturated heterocycles. The van der Waals surface area contributed by atoms with E-state index in [2.05, 4.69) is 39.0 Å². The summed E-state index contributed by atoms with van der Waals surface area (Å²) in [5.74, 6) is 1.22. The predicted molar refractivity (Wildman–Crippen MR) is 84.3 cm³/mol. The van der Waals surface area contributed by atoms with Crippen LogP contribution in [0.5, 0.6) is 0 Å². The van der Waals surface area contributed by atoms with Gasteiger partial charge in [0, 0.05) is 23.9 Å². The fourth-order valence-electron chi connectivity index (χ4n) is 3.67. The van der Waals surface area contributed by atoms with Gasteiger partial charge in [0.05, 0.1) is 0 Å². The smallest absolute Gasteiger partial charge is 0.0337 e. The van der Waals surface area contributed by atoms with Crippen LogP contribution in [0, 0.1) is 5.41 Å². The second kappa shape index (κ2) is 6.62. The van der Waals surface area contributed by atoms with E-state index >= 15 is 0 Å². The zero-order chi connectivity index (χ0) is 13.8. The molecule has 0 heterocycles. The van der Waals surface area contributed by atoms with Crippen molar-refractivity contribution in [2.45, 2.75) is 64.5 Å². The van der Waals surface area contributed by atoms with Crippen molar-refractivity contribution in [2.75, 3.05) is 25.6 Å². The molecule has 0 aromatic carbocycles. The van der Waals surface area contributed by atoms with Crippen molar-refractivity contribution in [1.29, 1.82) is 0 Å². The van der Waals surface area contributed by atoms with Gasteiger partial charge in [0.2, 0.25) is 0 Å². The summed E-state index contributed by atoms with van der Waals surface area (Å²) in [5.41, 5.74) is 6.88. The first-order valence-corrected chi connectivity index (χ1v) is 8.72. The highest BCUT2D eigenvalue weighted by molar-refractivity contribution is 7.98. The van der Waals surface area contributed by atoms with Crippen molar-refractivity contribution in [3.63, 3.8) is 0 Å². The number of nitrogens with two attached hydrogens (primary N) is 1. The average Bonchev–Trinajstić information content (AvgIpc) is 2.33. The first-order valence-electron chi connectivity index (χ1n) is 7.33. The monoisotopic (exact) mass is 272 g/mol. The van der Waals surface area contributed by atoms with E-state index in [-0.39, 0.29) is 5.54 Å². The Morgan fingerprint density at radius 3 is 2.44 bits per heavy atom. The molecule has 1 fully saturated rings. The van der Waals surface area contributed by atoms with Crippen LogP contribution in [0.4, 0.5) is 0 Å². The summed E-state index contributed by atoms with van der Waals surface area (Å²) in [7, 11) is 2.30. The lowest BCUT2D eigenvalue weighted by molar-refractivity contribution is 0.00495. The van der Waals surface area contributed by atoms with Crippen molar-refractivity contribution in [1.82, 2.24) is 4.90 Å². The van der Waals surface area contributed by atoms with Gasteiger partial charge in [-0.25, -0.2) is 0 Å². The lowest BCUT2D eigenvalue weighted by atomic mass is 9.67. The molecule has 0 aliphatic heterocycles. The molecular formula is C15H32N2S. The average molecular weight is 273 g/mol. The normalized spacial score (nSPS) is 29.5. The summed E-state index contributed by atoms with van der Waals surface area (Å²) in [4.78, 5) is 2.62. The fourth-order valence-corrected chi connectivity index (χ4v) is 4.51. The Bertz CT molecular complexity index is 255. The van der Waals surface area contributed by atoms with E-state index in [0.29, 0.717) is 11.5 Å². The predicted octanol–water partition coefficient (Wildman–Crippen LogP) is 3.36. The number of rotatable bonds is 6. The number of hydrogen-bond acceptors (Lipinski definition) is 3. The molecular weight excluding hydrogens is 240 g/mol. The number of thioether (sulfide) groups is 1. The van der Waals surface area contributed by atoms with Crippen molar-refractivity contribution in [2.24, 2.45) is 11.1 Å². The molecule has 2 N–H and O–H groups in total.